The Labute approximate surface area is 137 Å². The number of rotatable bonds is 7. The molecule has 4 heteroatoms. The molecule has 0 radical (unpaired) electrons. The second-order valence-corrected chi connectivity index (χ2v) is 6.52. The summed E-state index contributed by atoms with van der Waals surface area (Å²) in [5, 5.41) is 9.98. The van der Waals surface area contributed by atoms with Crippen molar-refractivity contribution >= 4 is 0 Å². The zero-order valence-corrected chi connectivity index (χ0v) is 13.5. The molecule has 1 aromatic carbocycles. The van der Waals surface area contributed by atoms with Crippen LogP contribution in [0.25, 0.3) is 0 Å². The predicted molar refractivity (Wildman–Crippen MR) is 89.3 cm³/mol. The monoisotopic (exact) mass is 315 g/mol. The molecule has 2 heterocycles. The van der Waals surface area contributed by atoms with Gasteiger partial charge >= 0.3 is 0 Å². The zero-order chi connectivity index (χ0) is 16.0. The van der Waals surface area contributed by atoms with Crippen molar-refractivity contribution in [1.29, 1.82) is 0 Å². The van der Waals surface area contributed by atoms with Gasteiger partial charge in [0.1, 0.15) is 5.75 Å². The molecular weight excluding hydrogens is 290 g/mol. The Bertz CT molecular complexity index is 570. The topological polar surface area (TPSA) is 45.8 Å². The minimum atomic E-state index is -0.0588. The number of hydrogen-bond donors (Lipinski definition) is 1. The van der Waals surface area contributed by atoms with Gasteiger partial charge in [0, 0.05) is 24.1 Å². The van der Waals surface area contributed by atoms with Gasteiger partial charge in [0.25, 0.3) is 0 Å². The second kappa shape index (κ2) is 7.66. The van der Waals surface area contributed by atoms with Gasteiger partial charge in [-0.25, -0.2) is 0 Å². The number of piperidine rings is 1. The van der Waals surface area contributed by atoms with Gasteiger partial charge in [-0.05, 0) is 44.0 Å². The van der Waals surface area contributed by atoms with Crippen molar-refractivity contribution in [3.8, 4) is 5.75 Å². The van der Waals surface area contributed by atoms with Gasteiger partial charge in [0.2, 0.25) is 0 Å². The Kier molecular flexibility index (Phi) is 5.36. The molecule has 0 bridgehead atoms. The third-order valence-electron chi connectivity index (χ3n) is 4.71. The molecule has 1 N–H and O–H groups in total. The number of ether oxygens (including phenoxy) is 1. The summed E-state index contributed by atoms with van der Waals surface area (Å²) < 4.78 is 11.0. The first kappa shape index (κ1) is 16.1. The van der Waals surface area contributed by atoms with Gasteiger partial charge in [0.15, 0.2) is 0 Å². The first-order valence-electron chi connectivity index (χ1n) is 8.32. The lowest BCUT2D eigenvalue weighted by molar-refractivity contribution is 0.0128. The van der Waals surface area contributed by atoms with E-state index in [4.69, 9.17) is 9.15 Å². The molecule has 124 valence electrons. The third kappa shape index (κ3) is 4.36. The summed E-state index contributed by atoms with van der Waals surface area (Å²) in [5.74, 6) is 0.895. The maximum absolute atomic E-state index is 9.98. The average molecular weight is 315 g/mol. The molecule has 0 amide bonds. The Morgan fingerprint density at radius 3 is 2.83 bits per heavy atom. The number of hydrogen-bond acceptors (Lipinski definition) is 4. The van der Waals surface area contributed by atoms with Crippen LogP contribution in [0.4, 0.5) is 0 Å². The molecular formula is C19H25NO3. The highest BCUT2D eigenvalue weighted by molar-refractivity contribution is 5.20. The average Bonchev–Trinajstić information content (AvgIpc) is 3.09. The summed E-state index contributed by atoms with van der Waals surface area (Å²) in [4.78, 5) is 2.41. The summed E-state index contributed by atoms with van der Waals surface area (Å²) in [7, 11) is 0. The minimum absolute atomic E-state index is 0.0588. The van der Waals surface area contributed by atoms with Crippen LogP contribution in [0.15, 0.2) is 53.3 Å². The standard InChI is InChI=1S/C19H25NO3/c21-16-19(9-12-23-18-5-2-1-3-6-18)8-4-10-20(15-19)13-17-7-11-22-14-17/h1-3,5-7,11,14,21H,4,8-10,12-13,15-16H2/t19-/m1/s1. The molecule has 3 rings (SSSR count). The maximum atomic E-state index is 9.98. The number of likely N-dealkylation sites (tertiary alicyclic amines) is 1. The summed E-state index contributed by atoms with van der Waals surface area (Å²) in [6, 6.07) is 11.9. The van der Waals surface area contributed by atoms with Crippen molar-refractivity contribution in [1.82, 2.24) is 4.90 Å². The van der Waals surface area contributed by atoms with Crippen LogP contribution in [0, 0.1) is 5.41 Å². The smallest absolute Gasteiger partial charge is 0.119 e. The Balaban J connectivity index is 1.54. The van der Waals surface area contributed by atoms with Gasteiger partial charge in [-0.15, -0.1) is 0 Å². The molecule has 2 aromatic rings. The van der Waals surface area contributed by atoms with E-state index in [9.17, 15) is 5.11 Å². The van der Waals surface area contributed by atoms with Crippen molar-refractivity contribution in [3.05, 3.63) is 54.5 Å². The first-order valence-corrected chi connectivity index (χ1v) is 8.32. The van der Waals surface area contributed by atoms with E-state index in [-0.39, 0.29) is 12.0 Å². The third-order valence-corrected chi connectivity index (χ3v) is 4.71. The summed E-state index contributed by atoms with van der Waals surface area (Å²) in [6.45, 7) is 3.73. The molecule has 1 aromatic heterocycles. The molecule has 1 atom stereocenters. The van der Waals surface area contributed by atoms with Crippen molar-refractivity contribution in [3.63, 3.8) is 0 Å². The molecule has 0 spiro atoms. The van der Waals surface area contributed by atoms with Crippen LogP contribution in [-0.4, -0.2) is 36.3 Å². The highest BCUT2D eigenvalue weighted by atomic mass is 16.5. The van der Waals surface area contributed by atoms with Crippen LogP contribution in [0.2, 0.25) is 0 Å². The lowest BCUT2D eigenvalue weighted by atomic mass is 9.78. The van der Waals surface area contributed by atoms with Gasteiger partial charge in [-0.3, -0.25) is 4.90 Å². The first-order chi connectivity index (χ1) is 11.3. The molecule has 0 unspecified atom stereocenters. The van der Waals surface area contributed by atoms with E-state index in [1.165, 1.54) is 5.56 Å². The van der Waals surface area contributed by atoms with Crippen LogP contribution in [0.3, 0.4) is 0 Å². The van der Waals surface area contributed by atoms with Crippen LogP contribution < -0.4 is 4.74 Å². The molecule has 0 aliphatic carbocycles. The number of aliphatic hydroxyl groups excluding tert-OH is 1. The van der Waals surface area contributed by atoms with Crippen molar-refractivity contribution < 1.29 is 14.3 Å². The fourth-order valence-corrected chi connectivity index (χ4v) is 3.40. The van der Waals surface area contributed by atoms with E-state index in [0.717, 1.165) is 44.6 Å². The largest absolute Gasteiger partial charge is 0.494 e. The van der Waals surface area contributed by atoms with E-state index in [2.05, 4.69) is 4.90 Å². The van der Waals surface area contributed by atoms with E-state index < -0.39 is 0 Å². The molecule has 1 aliphatic rings. The van der Waals surface area contributed by atoms with E-state index in [0.29, 0.717) is 6.61 Å². The molecule has 0 saturated carbocycles. The van der Waals surface area contributed by atoms with Crippen LogP contribution in [0.1, 0.15) is 24.8 Å². The summed E-state index contributed by atoms with van der Waals surface area (Å²) >= 11 is 0. The number of aliphatic hydroxyl groups is 1. The van der Waals surface area contributed by atoms with Crippen molar-refractivity contribution in [2.24, 2.45) is 5.41 Å². The highest BCUT2D eigenvalue weighted by Crippen LogP contribution is 2.34. The van der Waals surface area contributed by atoms with Gasteiger partial charge in [-0.2, -0.15) is 0 Å². The normalized spacial score (nSPS) is 22.1. The Morgan fingerprint density at radius 1 is 1.22 bits per heavy atom. The maximum Gasteiger partial charge on any atom is 0.119 e. The minimum Gasteiger partial charge on any atom is -0.494 e. The van der Waals surface area contributed by atoms with Gasteiger partial charge < -0.3 is 14.3 Å². The SMILES string of the molecule is OC[C@@]1(CCOc2ccccc2)CCCN(Cc2ccoc2)C1. The fraction of sp³-hybridized carbons (Fsp3) is 0.474. The highest BCUT2D eigenvalue weighted by Gasteiger charge is 2.34. The summed E-state index contributed by atoms with van der Waals surface area (Å²) in [5.41, 5.74) is 1.14. The zero-order valence-electron chi connectivity index (χ0n) is 13.5. The van der Waals surface area contributed by atoms with Crippen molar-refractivity contribution in [2.75, 3.05) is 26.3 Å². The van der Waals surface area contributed by atoms with E-state index in [1.807, 2.05) is 36.4 Å². The van der Waals surface area contributed by atoms with Crippen LogP contribution >= 0.6 is 0 Å². The van der Waals surface area contributed by atoms with Crippen LogP contribution in [0.5, 0.6) is 5.75 Å². The van der Waals surface area contributed by atoms with E-state index >= 15 is 0 Å². The Morgan fingerprint density at radius 2 is 2.09 bits per heavy atom. The lowest BCUT2D eigenvalue weighted by Crippen LogP contribution is -2.45. The number of benzene rings is 1. The number of nitrogens with zero attached hydrogens (tertiary/aromatic N) is 1. The van der Waals surface area contributed by atoms with Gasteiger partial charge in [-0.1, -0.05) is 18.2 Å². The number of para-hydroxylation sites is 1. The second-order valence-electron chi connectivity index (χ2n) is 6.52. The molecule has 1 aliphatic heterocycles. The van der Waals surface area contributed by atoms with Crippen LogP contribution in [-0.2, 0) is 6.54 Å². The molecule has 23 heavy (non-hydrogen) atoms. The molecule has 4 nitrogen and oxygen atoms in total. The molecule has 1 saturated heterocycles. The van der Waals surface area contributed by atoms with E-state index in [1.54, 1.807) is 12.5 Å². The quantitative estimate of drug-likeness (QED) is 0.851. The Hall–Kier alpha value is -1.78. The summed E-state index contributed by atoms with van der Waals surface area (Å²) in [6.07, 6.45) is 6.56. The number of furan rings is 1. The lowest BCUT2D eigenvalue weighted by Gasteiger charge is -2.41. The van der Waals surface area contributed by atoms with Gasteiger partial charge in [0.05, 0.1) is 25.7 Å². The fourth-order valence-electron chi connectivity index (χ4n) is 3.40. The van der Waals surface area contributed by atoms with Crippen molar-refractivity contribution in [2.45, 2.75) is 25.8 Å². The predicted octanol–water partition coefficient (Wildman–Crippen LogP) is 3.32. The molecule has 1 fully saturated rings.